The fourth-order valence-corrected chi connectivity index (χ4v) is 5.09. The van der Waals surface area contributed by atoms with E-state index in [-0.39, 0.29) is 24.2 Å². The number of aryl methyl sites for hydroxylation is 1. The van der Waals surface area contributed by atoms with Gasteiger partial charge in [0, 0.05) is 42.0 Å². The highest BCUT2D eigenvalue weighted by Gasteiger charge is 2.22. The van der Waals surface area contributed by atoms with Crippen molar-refractivity contribution >= 4 is 22.5 Å². The number of ether oxygens (including phenoxy) is 2. The molecule has 5 rings (SSSR count). The number of rotatable bonds is 8. The van der Waals surface area contributed by atoms with E-state index in [1.54, 1.807) is 12.1 Å². The normalized spacial score (nSPS) is 22.0. The maximum absolute atomic E-state index is 12.9. The highest BCUT2D eigenvalue weighted by atomic mass is 16.5. The average molecular weight is 490 g/mol. The molecule has 3 atom stereocenters. The van der Waals surface area contributed by atoms with Crippen molar-refractivity contribution < 1.29 is 19.4 Å². The highest BCUT2D eigenvalue weighted by molar-refractivity contribution is 6.06. The number of nitrogens with one attached hydrogen (secondary N) is 2. The smallest absolute Gasteiger partial charge is 0.255 e. The number of pyridine rings is 1. The Balaban J connectivity index is 1.20. The van der Waals surface area contributed by atoms with E-state index in [9.17, 15) is 9.90 Å². The van der Waals surface area contributed by atoms with Gasteiger partial charge in [-0.3, -0.25) is 9.78 Å². The molecule has 0 spiro atoms. The lowest BCUT2D eigenvalue weighted by Crippen LogP contribution is -2.41. The molecule has 2 aromatic carbocycles. The van der Waals surface area contributed by atoms with E-state index >= 15 is 0 Å². The van der Waals surface area contributed by atoms with Gasteiger partial charge in [0.25, 0.3) is 5.91 Å². The van der Waals surface area contributed by atoms with Gasteiger partial charge in [0.15, 0.2) is 0 Å². The number of fused-ring (bicyclic) bond motifs is 1. The Morgan fingerprint density at radius 2 is 1.94 bits per heavy atom. The Bertz CT molecular complexity index is 1190. The summed E-state index contributed by atoms with van der Waals surface area (Å²) in [5, 5.41) is 17.7. The lowest BCUT2D eigenvalue weighted by molar-refractivity contribution is 0.0679. The standard InChI is InChI=1S/C29H35N3O4/c1-19-25(32-29(34)21-8-11-23(12-9-21)36-18-24-5-4-14-35-24)13-10-22-15-20(17-31-28(19)22)16-30-26-6-2-3-7-27(26)33/h8-13,15,17,24,26-27,30,33H,2-7,14,16,18H2,1H3,(H,32,34)/t24-,26-,27-/m0/s1. The van der Waals surface area contributed by atoms with Gasteiger partial charge in [-0.25, -0.2) is 0 Å². The molecule has 3 aromatic rings. The number of carbonyl (C=O) groups is 1. The fourth-order valence-electron chi connectivity index (χ4n) is 5.09. The van der Waals surface area contributed by atoms with Crippen molar-refractivity contribution in [3.63, 3.8) is 0 Å². The summed E-state index contributed by atoms with van der Waals surface area (Å²) in [5.41, 5.74) is 4.19. The van der Waals surface area contributed by atoms with E-state index in [0.717, 1.165) is 78.6 Å². The SMILES string of the molecule is Cc1c(NC(=O)c2ccc(OC[C@@H]3CCCO3)cc2)ccc2cc(CN[C@H]3CCCC[C@@H]3O)cnc12. The molecule has 2 aliphatic rings. The lowest BCUT2D eigenvalue weighted by Gasteiger charge is -2.28. The van der Waals surface area contributed by atoms with Crippen LogP contribution in [0.5, 0.6) is 5.75 Å². The second-order valence-corrected chi connectivity index (χ2v) is 9.92. The van der Waals surface area contributed by atoms with Crippen molar-refractivity contribution in [1.82, 2.24) is 10.3 Å². The first-order chi connectivity index (χ1) is 17.6. The predicted molar refractivity (Wildman–Crippen MR) is 140 cm³/mol. The summed E-state index contributed by atoms with van der Waals surface area (Å²) in [4.78, 5) is 17.6. The zero-order valence-electron chi connectivity index (χ0n) is 20.8. The number of anilines is 1. The monoisotopic (exact) mass is 489 g/mol. The first-order valence-corrected chi connectivity index (χ1v) is 13.0. The second kappa shape index (κ2) is 11.4. The summed E-state index contributed by atoms with van der Waals surface area (Å²) in [6.07, 6.45) is 8.02. The summed E-state index contributed by atoms with van der Waals surface area (Å²) < 4.78 is 11.4. The number of aromatic nitrogens is 1. The predicted octanol–water partition coefficient (Wildman–Crippen LogP) is 4.75. The van der Waals surface area contributed by atoms with Gasteiger partial charge in [-0.2, -0.15) is 0 Å². The van der Waals surface area contributed by atoms with E-state index in [2.05, 4.69) is 21.7 Å². The number of hydrogen-bond donors (Lipinski definition) is 3. The van der Waals surface area contributed by atoms with Crippen LogP contribution in [0.15, 0.2) is 48.7 Å². The van der Waals surface area contributed by atoms with Crippen LogP contribution in [0.4, 0.5) is 5.69 Å². The van der Waals surface area contributed by atoms with Crippen LogP contribution in [0, 0.1) is 6.92 Å². The van der Waals surface area contributed by atoms with Crippen molar-refractivity contribution in [2.45, 2.75) is 70.2 Å². The van der Waals surface area contributed by atoms with Crippen molar-refractivity contribution in [2.24, 2.45) is 0 Å². The van der Waals surface area contributed by atoms with Crippen LogP contribution in [0.25, 0.3) is 10.9 Å². The van der Waals surface area contributed by atoms with Crippen LogP contribution in [-0.2, 0) is 11.3 Å². The van der Waals surface area contributed by atoms with E-state index in [4.69, 9.17) is 9.47 Å². The maximum atomic E-state index is 12.9. The van der Waals surface area contributed by atoms with Crippen molar-refractivity contribution in [2.75, 3.05) is 18.5 Å². The number of aliphatic hydroxyl groups is 1. The molecule has 0 radical (unpaired) electrons. The molecule has 2 fully saturated rings. The fraction of sp³-hybridized carbons (Fsp3) is 0.448. The molecule has 3 N–H and O–H groups in total. The minimum atomic E-state index is -0.268. The van der Waals surface area contributed by atoms with E-state index < -0.39 is 0 Å². The lowest BCUT2D eigenvalue weighted by atomic mass is 9.92. The summed E-state index contributed by atoms with van der Waals surface area (Å²) >= 11 is 0. The zero-order valence-corrected chi connectivity index (χ0v) is 20.8. The molecule has 1 aromatic heterocycles. The number of aliphatic hydroxyl groups excluding tert-OH is 1. The number of nitrogens with zero attached hydrogens (tertiary/aromatic N) is 1. The molecular formula is C29H35N3O4. The Labute approximate surface area is 212 Å². The van der Waals surface area contributed by atoms with Crippen LogP contribution < -0.4 is 15.4 Å². The van der Waals surface area contributed by atoms with Gasteiger partial charge in [0.2, 0.25) is 0 Å². The van der Waals surface area contributed by atoms with Crippen molar-refractivity contribution in [1.29, 1.82) is 0 Å². The Kier molecular flexibility index (Phi) is 7.80. The Morgan fingerprint density at radius 3 is 2.72 bits per heavy atom. The van der Waals surface area contributed by atoms with Gasteiger partial charge >= 0.3 is 0 Å². The van der Waals surface area contributed by atoms with Crippen LogP contribution in [0.1, 0.15) is 60.0 Å². The van der Waals surface area contributed by atoms with Gasteiger partial charge in [-0.05, 0) is 80.1 Å². The van der Waals surface area contributed by atoms with Gasteiger partial charge in [0.05, 0.1) is 17.7 Å². The molecule has 0 bridgehead atoms. The molecule has 2 heterocycles. The topological polar surface area (TPSA) is 92.7 Å². The molecule has 190 valence electrons. The molecule has 1 saturated carbocycles. The Hall–Kier alpha value is -3.00. The maximum Gasteiger partial charge on any atom is 0.255 e. The number of amides is 1. The van der Waals surface area contributed by atoms with Gasteiger partial charge in [-0.15, -0.1) is 0 Å². The third kappa shape index (κ3) is 5.86. The summed E-state index contributed by atoms with van der Waals surface area (Å²) in [6.45, 7) is 3.99. The summed E-state index contributed by atoms with van der Waals surface area (Å²) in [5.74, 6) is 0.561. The van der Waals surface area contributed by atoms with Crippen molar-refractivity contribution in [3.8, 4) is 5.75 Å². The van der Waals surface area contributed by atoms with Crippen molar-refractivity contribution in [3.05, 3.63) is 65.4 Å². The Morgan fingerprint density at radius 1 is 1.11 bits per heavy atom. The average Bonchev–Trinajstić information content (AvgIpc) is 3.43. The molecule has 1 aliphatic carbocycles. The highest BCUT2D eigenvalue weighted by Crippen LogP contribution is 2.26. The van der Waals surface area contributed by atoms with E-state index in [1.165, 1.54) is 0 Å². The van der Waals surface area contributed by atoms with Gasteiger partial charge in [0.1, 0.15) is 12.4 Å². The first-order valence-electron chi connectivity index (χ1n) is 13.0. The third-order valence-electron chi connectivity index (χ3n) is 7.29. The van der Waals surface area contributed by atoms with Crippen LogP contribution in [0.3, 0.4) is 0 Å². The van der Waals surface area contributed by atoms with Gasteiger partial charge < -0.3 is 25.2 Å². The number of carbonyl (C=O) groups excluding carboxylic acids is 1. The van der Waals surface area contributed by atoms with Crippen LogP contribution in [-0.4, -0.2) is 47.5 Å². The molecule has 1 amide bonds. The number of hydrogen-bond acceptors (Lipinski definition) is 6. The first kappa shape index (κ1) is 24.7. The van der Waals surface area contributed by atoms with Crippen LogP contribution in [0.2, 0.25) is 0 Å². The van der Waals surface area contributed by atoms with Gasteiger partial charge in [-0.1, -0.05) is 18.9 Å². The molecule has 7 nitrogen and oxygen atoms in total. The molecule has 0 unspecified atom stereocenters. The number of benzene rings is 2. The van der Waals surface area contributed by atoms with Crippen LogP contribution >= 0.6 is 0 Å². The third-order valence-corrected chi connectivity index (χ3v) is 7.29. The minimum absolute atomic E-state index is 0.149. The quantitative estimate of drug-likeness (QED) is 0.423. The summed E-state index contributed by atoms with van der Waals surface area (Å²) in [7, 11) is 0. The summed E-state index contributed by atoms with van der Waals surface area (Å²) in [6, 6.07) is 13.4. The molecule has 1 saturated heterocycles. The zero-order chi connectivity index (χ0) is 24.9. The second-order valence-electron chi connectivity index (χ2n) is 9.92. The molecule has 1 aliphatic heterocycles. The largest absolute Gasteiger partial charge is 0.491 e. The molecule has 36 heavy (non-hydrogen) atoms. The van der Waals surface area contributed by atoms with E-state index in [1.807, 2.05) is 37.4 Å². The molecule has 7 heteroatoms. The minimum Gasteiger partial charge on any atom is -0.491 e. The molecular weight excluding hydrogens is 454 g/mol. The van der Waals surface area contributed by atoms with E-state index in [0.29, 0.717) is 18.7 Å².